The van der Waals surface area contributed by atoms with Gasteiger partial charge in [0, 0.05) is 16.8 Å². The fraction of sp³-hybridized carbons (Fsp3) is 0.160. The van der Waals surface area contributed by atoms with E-state index in [-0.39, 0.29) is 5.91 Å². The van der Waals surface area contributed by atoms with Crippen LogP contribution in [0.25, 0.3) is 22.6 Å². The normalized spacial score (nSPS) is 10.8. The van der Waals surface area contributed by atoms with E-state index in [1.165, 1.54) is 12.0 Å². The molecule has 1 amide bonds. The predicted octanol–water partition coefficient (Wildman–Crippen LogP) is 5.84. The molecule has 0 fully saturated rings. The Bertz CT molecular complexity index is 1180. The molecular formula is C25H23N3O2. The van der Waals surface area contributed by atoms with E-state index in [1.54, 1.807) is 0 Å². The fourth-order valence-corrected chi connectivity index (χ4v) is 3.50. The minimum atomic E-state index is -0.0996. The zero-order valence-corrected chi connectivity index (χ0v) is 17.3. The Balaban J connectivity index is 1.55. The van der Waals surface area contributed by atoms with E-state index in [4.69, 9.17) is 4.42 Å². The number of carbonyl (C=O) groups is 1. The summed E-state index contributed by atoms with van der Waals surface area (Å²) in [6.45, 7) is 6.14. The van der Waals surface area contributed by atoms with E-state index in [0.29, 0.717) is 11.5 Å². The maximum absolute atomic E-state index is 12.7. The maximum Gasteiger partial charge on any atom is 0.255 e. The van der Waals surface area contributed by atoms with Crippen molar-refractivity contribution in [3.05, 3.63) is 89.3 Å². The quantitative estimate of drug-likeness (QED) is 0.460. The molecule has 1 N–H and O–H groups in total. The van der Waals surface area contributed by atoms with Gasteiger partial charge in [-0.25, -0.2) is 0 Å². The zero-order chi connectivity index (χ0) is 21.1. The Labute approximate surface area is 175 Å². The molecule has 0 aliphatic carbocycles. The van der Waals surface area contributed by atoms with Crippen LogP contribution in [0.5, 0.6) is 0 Å². The summed E-state index contributed by atoms with van der Waals surface area (Å²) in [6, 6.07) is 19.8. The highest BCUT2D eigenvalue weighted by Crippen LogP contribution is 2.29. The number of anilines is 1. The number of rotatable bonds is 5. The predicted molar refractivity (Wildman–Crippen MR) is 118 cm³/mol. The Morgan fingerprint density at radius 3 is 2.37 bits per heavy atom. The van der Waals surface area contributed by atoms with Crippen molar-refractivity contribution in [3.8, 4) is 22.6 Å². The van der Waals surface area contributed by atoms with Crippen molar-refractivity contribution >= 4 is 11.6 Å². The number of hydrogen-bond acceptors (Lipinski definition) is 4. The number of aryl methyl sites for hydroxylation is 3. The van der Waals surface area contributed by atoms with Crippen LogP contribution in [-0.4, -0.2) is 16.1 Å². The number of benzene rings is 3. The monoisotopic (exact) mass is 397 g/mol. The first-order valence-corrected chi connectivity index (χ1v) is 9.93. The van der Waals surface area contributed by atoms with Gasteiger partial charge in [-0.3, -0.25) is 4.79 Å². The molecule has 0 aliphatic rings. The Morgan fingerprint density at radius 2 is 1.70 bits per heavy atom. The Kier molecular flexibility index (Phi) is 5.44. The molecule has 0 radical (unpaired) electrons. The highest BCUT2D eigenvalue weighted by Gasteiger charge is 2.11. The lowest BCUT2D eigenvalue weighted by molar-refractivity contribution is 0.102. The van der Waals surface area contributed by atoms with Crippen LogP contribution >= 0.6 is 0 Å². The summed E-state index contributed by atoms with van der Waals surface area (Å²) in [6.07, 6.45) is 2.28. The SMILES string of the molecule is CCc1ccc(C(=O)Nc2ccc(-c3cc(-c4nnco4)ccc3C)cc2)c(C)c1. The molecule has 0 spiro atoms. The van der Waals surface area contributed by atoms with Crippen molar-refractivity contribution in [3.63, 3.8) is 0 Å². The molecule has 0 aliphatic heterocycles. The smallest absolute Gasteiger partial charge is 0.255 e. The number of amides is 1. The van der Waals surface area contributed by atoms with E-state index in [0.717, 1.165) is 39.9 Å². The molecule has 5 heteroatoms. The van der Waals surface area contributed by atoms with Gasteiger partial charge < -0.3 is 9.73 Å². The molecule has 0 bridgehead atoms. The van der Waals surface area contributed by atoms with Gasteiger partial charge in [0.1, 0.15) is 0 Å². The Hall–Kier alpha value is -3.73. The van der Waals surface area contributed by atoms with E-state index < -0.39 is 0 Å². The molecule has 4 rings (SSSR count). The first-order valence-electron chi connectivity index (χ1n) is 9.93. The van der Waals surface area contributed by atoms with Gasteiger partial charge in [0.25, 0.3) is 5.91 Å². The van der Waals surface area contributed by atoms with Gasteiger partial charge in [-0.05, 0) is 78.4 Å². The van der Waals surface area contributed by atoms with Crippen molar-refractivity contribution in [2.45, 2.75) is 27.2 Å². The molecule has 30 heavy (non-hydrogen) atoms. The lowest BCUT2D eigenvalue weighted by Crippen LogP contribution is -2.13. The number of nitrogens with one attached hydrogen (secondary N) is 1. The summed E-state index contributed by atoms with van der Waals surface area (Å²) in [5.41, 5.74) is 7.80. The lowest BCUT2D eigenvalue weighted by atomic mass is 9.98. The van der Waals surface area contributed by atoms with Crippen LogP contribution in [0.15, 0.2) is 71.5 Å². The number of hydrogen-bond donors (Lipinski definition) is 1. The van der Waals surface area contributed by atoms with Crippen LogP contribution in [0, 0.1) is 13.8 Å². The first-order chi connectivity index (χ1) is 14.5. The van der Waals surface area contributed by atoms with Crippen molar-refractivity contribution in [1.29, 1.82) is 0 Å². The molecule has 0 unspecified atom stereocenters. The second-order valence-electron chi connectivity index (χ2n) is 7.31. The minimum Gasteiger partial charge on any atom is -0.423 e. The van der Waals surface area contributed by atoms with Gasteiger partial charge in [0.05, 0.1) is 0 Å². The number of carbonyl (C=O) groups excluding carboxylic acids is 1. The summed E-state index contributed by atoms with van der Waals surface area (Å²) in [7, 11) is 0. The molecule has 0 atom stereocenters. The average Bonchev–Trinajstić information content (AvgIpc) is 3.29. The van der Waals surface area contributed by atoms with Crippen LogP contribution in [0.1, 0.15) is 34.0 Å². The second-order valence-corrected chi connectivity index (χ2v) is 7.31. The summed E-state index contributed by atoms with van der Waals surface area (Å²) in [5, 5.41) is 10.7. The van der Waals surface area contributed by atoms with Gasteiger partial charge >= 0.3 is 0 Å². The fourth-order valence-electron chi connectivity index (χ4n) is 3.50. The molecule has 0 saturated heterocycles. The minimum absolute atomic E-state index is 0.0996. The molecule has 5 nitrogen and oxygen atoms in total. The average molecular weight is 397 g/mol. The lowest BCUT2D eigenvalue weighted by Gasteiger charge is -2.11. The van der Waals surface area contributed by atoms with E-state index >= 15 is 0 Å². The van der Waals surface area contributed by atoms with E-state index in [9.17, 15) is 4.79 Å². The van der Waals surface area contributed by atoms with E-state index in [1.807, 2.05) is 61.5 Å². The summed E-state index contributed by atoms with van der Waals surface area (Å²) in [5.74, 6) is 0.391. The highest BCUT2D eigenvalue weighted by molar-refractivity contribution is 6.05. The Morgan fingerprint density at radius 1 is 0.933 bits per heavy atom. The summed E-state index contributed by atoms with van der Waals surface area (Å²) < 4.78 is 5.31. The molecule has 150 valence electrons. The van der Waals surface area contributed by atoms with Gasteiger partial charge in [-0.1, -0.05) is 37.3 Å². The molecule has 0 saturated carbocycles. The van der Waals surface area contributed by atoms with Gasteiger partial charge in [-0.15, -0.1) is 10.2 Å². The van der Waals surface area contributed by atoms with Crippen LogP contribution in [-0.2, 0) is 6.42 Å². The third-order valence-corrected chi connectivity index (χ3v) is 5.24. The van der Waals surface area contributed by atoms with Crippen molar-refractivity contribution < 1.29 is 9.21 Å². The highest BCUT2D eigenvalue weighted by atomic mass is 16.4. The van der Waals surface area contributed by atoms with Crippen molar-refractivity contribution in [1.82, 2.24) is 10.2 Å². The van der Waals surface area contributed by atoms with Crippen LogP contribution in [0.3, 0.4) is 0 Å². The van der Waals surface area contributed by atoms with Crippen LogP contribution in [0.2, 0.25) is 0 Å². The molecule has 1 aromatic heterocycles. The van der Waals surface area contributed by atoms with Gasteiger partial charge in [0.15, 0.2) is 0 Å². The van der Waals surface area contributed by atoms with Crippen LogP contribution < -0.4 is 5.32 Å². The van der Waals surface area contributed by atoms with Crippen molar-refractivity contribution in [2.75, 3.05) is 5.32 Å². The zero-order valence-electron chi connectivity index (χ0n) is 17.3. The third kappa shape index (κ3) is 4.01. The van der Waals surface area contributed by atoms with Gasteiger partial charge in [0.2, 0.25) is 12.3 Å². The standard InChI is InChI=1S/C25H23N3O2/c1-4-18-6-12-22(17(3)13-18)24(29)27-21-10-8-19(9-11-21)23-14-20(7-5-16(23)2)25-28-26-15-30-25/h5-15H,4H2,1-3H3,(H,27,29). The third-order valence-electron chi connectivity index (χ3n) is 5.24. The molecule has 3 aromatic carbocycles. The van der Waals surface area contributed by atoms with Gasteiger partial charge in [-0.2, -0.15) is 0 Å². The summed E-state index contributed by atoms with van der Waals surface area (Å²) >= 11 is 0. The first kappa shape index (κ1) is 19.6. The number of aromatic nitrogens is 2. The topological polar surface area (TPSA) is 68.0 Å². The van der Waals surface area contributed by atoms with Crippen molar-refractivity contribution in [2.24, 2.45) is 0 Å². The largest absolute Gasteiger partial charge is 0.423 e. The molecule has 4 aromatic rings. The molecular weight excluding hydrogens is 374 g/mol. The molecule has 1 heterocycles. The maximum atomic E-state index is 12.7. The second kappa shape index (κ2) is 8.33. The number of nitrogens with zero attached hydrogens (tertiary/aromatic N) is 2. The van der Waals surface area contributed by atoms with Crippen LogP contribution in [0.4, 0.5) is 5.69 Å². The summed E-state index contributed by atoms with van der Waals surface area (Å²) in [4.78, 5) is 12.7. The van der Waals surface area contributed by atoms with E-state index in [2.05, 4.69) is 35.4 Å².